The summed E-state index contributed by atoms with van der Waals surface area (Å²) in [5, 5.41) is 10.5. The van der Waals surface area contributed by atoms with Gasteiger partial charge in [-0.05, 0) is 24.7 Å². The molecule has 0 spiro atoms. The number of nitro groups is 1. The van der Waals surface area contributed by atoms with Crippen molar-refractivity contribution in [2.24, 2.45) is 11.8 Å². The maximum atomic E-state index is 10.5. The second-order valence-electron chi connectivity index (χ2n) is 4.11. The van der Waals surface area contributed by atoms with Gasteiger partial charge in [0.1, 0.15) is 0 Å². The fourth-order valence-corrected chi connectivity index (χ4v) is 2.00. The summed E-state index contributed by atoms with van der Waals surface area (Å²) in [7, 11) is 0. The molecule has 0 radical (unpaired) electrons. The van der Waals surface area contributed by atoms with Gasteiger partial charge >= 0.3 is 0 Å². The van der Waals surface area contributed by atoms with E-state index in [1.807, 2.05) is 0 Å². The van der Waals surface area contributed by atoms with Gasteiger partial charge in [-0.2, -0.15) is 0 Å². The summed E-state index contributed by atoms with van der Waals surface area (Å²) in [6, 6.07) is -0.258. The predicted molar refractivity (Wildman–Crippen MR) is 47.6 cm³/mol. The number of hydrogen-bond donors (Lipinski definition) is 0. The molecule has 0 aromatic rings. The highest BCUT2D eigenvalue weighted by atomic mass is 16.6. The van der Waals surface area contributed by atoms with Crippen molar-refractivity contribution in [1.29, 1.82) is 0 Å². The van der Waals surface area contributed by atoms with Crippen LogP contribution in [0.1, 0.15) is 39.5 Å². The summed E-state index contributed by atoms with van der Waals surface area (Å²) in [6.07, 6.45) is 3.80. The van der Waals surface area contributed by atoms with E-state index in [0.717, 1.165) is 19.3 Å². The zero-order valence-electron chi connectivity index (χ0n) is 7.82. The summed E-state index contributed by atoms with van der Waals surface area (Å²) in [6.45, 7) is 4.32. The van der Waals surface area contributed by atoms with Crippen LogP contribution in [-0.2, 0) is 0 Å². The van der Waals surface area contributed by atoms with Crippen molar-refractivity contribution in [3.05, 3.63) is 10.1 Å². The molecular formula is C9H17NO2. The zero-order valence-corrected chi connectivity index (χ0v) is 7.82. The monoisotopic (exact) mass is 171 g/mol. The molecule has 0 saturated heterocycles. The lowest BCUT2D eigenvalue weighted by Crippen LogP contribution is -2.29. The number of nitrogens with zero attached hydrogens (tertiary/aromatic N) is 1. The molecule has 0 bridgehead atoms. The Morgan fingerprint density at radius 3 is 2.58 bits per heavy atom. The molecule has 1 rings (SSSR count). The molecule has 0 heterocycles. The van der Waals surface area contributed by atoms with Gasteiger partial charge in [-0.3, -0.25) is 10.1 Å². The first kappa shape index (κ1) is 9.49. The zero-order chi connectivity index (χ0) is 9.14. The van der Waals surface area contributed by atoms with Crippen molar-refractivity contribution < 1.29 is 4.92 Å². The third-order valence-corrected chi connectivity index (χ3v) is 2.93. The van der Waals surface area contributed by atoms with Gasteiger partial charge in [0.05, 0.1) is 0 Å². The molecule has 0 amide bonds. The molecule has 1 fully saturated rings. The van der Waals surface area contributed by atoms with Crippen LogP contribution in [0.25, 0.3) is 0 Å². The minimum atomic E-state index is -0.258. The Hall–Kier alpha value is -0.600. The molecule has 70 valence electrons. The van der Waals surface area contributed by atoms with E-state index in [-0.39, 0.29) is 11.0 Å². The van der Waals surface area contributed by atoms with Gasteiger partial charge in [-0.25, -0.2) is 0 Å². The molecular weight excluding hydrogens is 154 g/mol. The molecule has 3 nitrogen and oxygen atoms in total. The Bertz CT molecular complexity index is 168. The molecule has 1 saturated carbocycles. The predicted octanol–water partition coefficient (Wildman–Crippen LogP) is 2.48. The molecule has 1 aliphatic rings. The Morgan fingerprint density at radius 1 is 1.42 bits per heavy atom. The van der Waals surface area contributed by atoms with Crippen molar-refractivity contribution in [3.63, 3.8) is 0 Å². The van der Waals surface area contributed by atoms with Gasteiger partial charge in [0.25, 0.3) is 0 Å². The van der Waals surface area contributed by atoms with Crippen molar-refractivity contribution in [2.75, 3.05) is 0 Å². The van der Waals surface area contributed by atoms with Crippen LogP contribution in [0.3, 0.4) is 0 Å². The highest BCUT2D eigenvalue weighted by molar-refractivity contribution is 4.74. The van der Waals surface area contributed by atoms with Gasteiger partial charge < -0.3 is 0 Å². The summed E-state index contributed by atoms with van der Waals surface area (Å²) < 4.78 is 0. The van der Waals surface area contributed by atoms with Gasteiger partial charge in [0.2, 0.25) is 6.04 Å². The maximum absolute atomic E-state index is 10.5. The second kappa shape index (κ2) is 3.87. The molecule has 3 heteroatoms. The molecule has 1 aliphatic carbocycles. The van der Waals surface area contributed by atoms with Crippen LogP contribution >= 0.6 is 0 Å². The van der Waals surface area contributed by atoms with Crippen molar-refractivity contribution >= 4 is 0 Å². The highest BCUT2D eigenvalue weighted by Gasteiger charge is 2.30. The maximum Gasteiger partial charge on any atom is 0.213 e. The van der Waals surface area contributed by atoms with Crippen molar-refractivity contribution in [2.45, 2.75) is 45.6 Å². The van der Waals surface area contributed by atoms with E-state index in [1.165, 1.54) is 6.42 Å². The first-order valence-corrected chi connectivity index (χ1v) is 4.74. The van der Waals surface area contributed by atoms with Gasteiger partial charge in [0.15, 0.2) is 0 Å². The lowest BCUT2D eigenvalue weighted by atomic mass is 9.79. The minimum absolute atomic E-state index is 0.103. The van der Waals surface area contributed by atoms with E-state index in [4.69, 9.17) is 0 Å². The summed E-state index contributed by atoms with van der Waals surface area (Å²) >= 11 is 0. The van der Waals surface area contributed by atoms with Crippen LogP contribution in [0.5, 0.6) is 0 Å². The van der Waals surface area contributed by atoms with Crippen LogP contribution in [0.2, 0.25) is 0 Å². The lowest BCUT2D eigenvalue weighted by molar-refractivity contribution is -0.528. The van der Waals surface area contributed by atoms with Crippen LogP contribution in [-0.4, -0.2) is 11.0 Å². The second-order valence-corrected chi connectivity index (χ2v) is 4.11. The molecule has 0 N–H and O–H groups in total. The topological polar surface area (TPSA) is 43.1 Å². The van der Waals surface area contributed by atoms with Crippen LogP contribution in [0.4, 0.5) is 0 Å². The SMILES string of the molecule is CC(C)C1CCCC([N+](=O)[O-])C1. The van der Waals surface area contributed by atoms with E-state index in [1.54, 1.807) is 0 Å². The molecule has 0 aromatic heterocycles. The van der Waals surface area contributed by atoms with Crippen molar-refractivity contribution in [3.8, 4) is 0 Å². The first-order valence-electron chi connectivity index (χ1n) is 4.74. The highest BCUT2D eigenvalue weighted by Crippen LogP contribution is 2.30. The Morgan fingerprint density at radius 2 is 2.08 bits per heavy atom. The fourth-order valence-electron chi connectivity index (χ4n) is 2.00. The van der Waals surface area contributed by atoms with Crippen molar-refractivity contribution in [1.82, 2.24) is 0 Å². The van der Waals surface area contributed by atoms with Gasteiger partial charge in [-0.15, -0.1) is 0 Å². The van der Waals surface area contributed by atoms with E-state index in [9.17, 15) is 10.1 Å². The smallest absolute Gasteiger partial charge is 0.213 e. The first-order chi connectivity index (χ1) is 5.61. The van der Waals surface area contributed by atoms with Crippen LogP contribution < -0.4 is 0 Å². The van der Waals surface area contributed by atoms with E-state index in [2.05, 4.69) is 13.8 Å². The van der Waals surface area contributed by atoms with E-state index >= 15 is 0 Å². The number of hydrogen-bond acceptors (Lipinski definition) is 2. The largest absolute Gasteiger partial charge is 0.264 e. The summed E-state index contributed by atoms with van der Waals surface area (Å²) in [5.41, 5.74) is 0. The van der Waals surface area contributed by atoms with Crippen LogP contribution in [0, 0.1) is 22.0 Å². The van der Waals surface area contributed by atoms with Gasteiger partial charge in [0, 0.05) is 17.8 Å². The fraction of sp³-hybridized carbons (Fsp3) is 1.00. The average Bonchev–Trinajstić information content (AvgIpc) is 2.04. The Labute approximate surface area is 73.3 Å². The molecule has 12 heavy (non-hydrogen) atoms. The number of rotatable bonds is 2. The van der Waals surface area contributed by atoms with E-state index in [0.29, 0.717) is 11.8 Å². The minimum Gasteiger partial charge on any atom is -0.264 e. The standard InChI is InChI=1S/C9H17NO2/c1-7(2)8-4-3-5-9(6-8)10(11)12/h7-9H,3-6H2,1-2H3. The lowest BCUT2D eigenvalue weighted by Gasteiger charge is -2.26. The van der Waals surface area contributed by atoms with E-state index < -0.39 is 0 Å². The van der Waals surface area contributed by atoms with Gasteiger partial charge in [-0.1, -0.05) is 13.8 Å². The average molecular weight is 171 g/mol. The quantitative estimate of drug-likeness (QED) is 0.473. The molecule has 0 aromatic carbocycles. The third-order valence-electron chi connectivity index (χ3n) is 2.93. The summed E-state index contributed by atoms with van der Waals surface area (Å²) in [4.78, 5) is 10.4. The Kier molecular flexibility index (Phi) is 3.06. The third kappa shape index (κ3) is 2.19. The molecule has 0 aliphatic heterocycles. The molecule has 2 atom stereocenters. The molecule has 2 unspecified atom stereocenters. The van der Waals surface area contributed by atoms with Crippen LogP contribution in [0.15, 0.2) is 0 Å². The Balaban J connectivity index is 2.46. The normalized spacial score (nSPS) is 30.6. The summed E-state index contributed by atoms with van der Waals surface area (Å²) in [5.74, 6) is 1.18.